The maximum atomic E-state index is 5.78. The smallest absolute Gasteiger partial charge is 0.215 e. The van der Waals surface area contributed by atoms with Gasteiger partial charge in [-0.25, -0.2) is 15.0 Å². The Morgan fingerprint density at radius 3 is 2.69 bits per heavy atom. The Kier molecular flexibility index (Phi) is 8.15. The van der Waals surface area contributed by atoms with Gasteiger partial charge in [-0.3, -0.25) is 9.08 Å². The molecule has 4 aromatic rings. The van der Waals surface area contributed by atoms with Gasteiger partial charge >= 0.3 is 0 Å². The number of nitrogens with one attached hydrogen (secondary N) is 1. The number of hydrogen-bond donors (Lipinski definition) is 1. The van der Waals surface area contributed by atoms with Gasteiger partial charge in [0.25, 0.3) is 0 Å². The second kappa shape index (κ2) is 11.2. The Bertz CT molecular complexity index is 1120. The first-order valence-electron chi connectivity index (χ1n) is 11.1. The van der Waals surface area contributed by atoms with Crippen LogP contribution >= 0.6 is 0 Å². The number of rotatable bonds is 9. The second-order valence-electron chi connectivity index (χ2n) is 6.95. The van der Waals surface area contributed by atoms with Gasteiger partial charge < -0.3 is 15.0 Å². The van der Waals surface area contributed by atoms with Crippen LogP contribution in [0.15, 0.2) is 49.3 Å². The van der Waals surface area contributed by atoms with E-state index in [0.717, 1.165) is 42.2 Å². The van der Waals surface area contributed by atoms with Gasteiger partial charge in [0.1, 0.15) is 6.61 Å². The number of ether oxygens (including phenoxy) is 1. The van der Waals surface area contributed by atoms with Crippen LogP contribution in [0.1, 0.15) is 27.7 Å². The predicted molar refractivity (Wildman–Crippen MR) is 127 cm³/mol. The number of aromatic nitrogens is 6. The van der Waals surface area contributed by atoms with Crippen LogP contribution in [0, 0.1) is 0 Å². The quantitative estimate of drug-likeness (QED) is 0.423. The molecule has 0 bridgehead atoms. The number of fused-ring (bicyclic) bond motifs is 1. The molecule has 0 radical (unpaired) electrons. The Hall–Kier alpha value is -3.46. The maximum absolute atomic E-state index is 5.78. The van der Waals surface area contributed by atoms with Crippen LogP contribution in [0.2, 0.25) is 0 Å². The highest BCUT2D eigenvalue weighted by molar-refractivity contribution is 5.74. The highest BCUT2D eigenvalue weighted by atomic mass is 16.5. The van der Waals surface area contributed by atoms with E-state index in [4.69, 9.17) is 4.74 Å². The van der Waals surface area contributed by atoms with E-state index in [0.29, 0.717) is 18.3 Å². The van der Waals surface area contributed by atoms with Gasteiger partial charge in [0.05, 0.1) is 18.1 Å². The summed E-state index contributed by atoms with van der Waals surface area (Å²) in [5, 5.41) is 7.69. The molecule has 0 spiro atoms. The minimum atomic E-state index is 0.576. The first-order valence-corrected chi connectivity index (χ1v) is 11.1. The zero-order valence-corrected chi connectivity index (χ0v) is 19.5. The molecule has 4 aromatic heterocycles. The molecule has 170 valence electrons. The fourth-order valence-corrected chi connectivity index (χ4v) is 3.06. The van der Waals surface area contributed by atoms with Crippen LogP contribution in [0.5, 0.6) is 5.88 Å². The summed E-state index contributed by atoms with van der Waals surface area (Å²) < 4.78 is 9.68. The van der Waals surface area contributed by atoms with Crippen LogP contribution < -0.4 is 10.1 Å². The molecular weight excluding hydrogens is 404 g/mol. The van der Waals surface area contributed by atoms with E-state index in [1.807, 2.05) is 59.9 Å². The largest absolute Gasteiger partial charge is 0.476 e. The van der Waals surface area contributed by atoms with Crippen molar-refractivity contribution in [2.24, 2.45) is 0 Å². The average molecular weight is 437 g/mol. The van der Waals surface area contributed by atoms with Crippen LogP contribution in [0.25, 0.3) is 16.9 Å². The minimum absolute atomic E-state index is 0.576. The Morgan fingerprint density at radius 1 is 1.09 bits per heavy atom. The lowest BCUT2D eigenvalue weighted by Crippen LogP contribution is -2.23. The maximum Gasteiger partial charge on any atom is 0.215 e. The molecule has 0 fully saturated rings. The average Bonchev–Trinajstić information content (AvgIpc) is 3.48. The van der Waals surface area contributed by atoms with E-state index < -0.39 is 0 Å². The van der Waals surface area contributed by atoms with Crippen LogP contribution in [-0.4, -0.2) is 60.8 Å². The Labute approximate surface area is 189 Å². The SMILES string of the molecule is CC.CCN(C)CCOc1cc(Nc2nccn3c(-c4cnn(CC)c4)cnc23)ccn1. The predicted octanol–water partition coefficient (Wildman–Crippen LogP) is 4.11. The van der Waals surface area contributed by atoms with E-state index >= 15 is 0 Å². The molecule has 0 aromatic carbocycles. The van der Waals surface area contributed by atoms with Crippen molar-refractivity contribution < 1.29 is 4.74 Å². The Balaban J connectivity index is 0.00000141. The molecule has 0 aliphatic carbocycles. The first kappa shape index (κ1) is 23.2. The van der Waals surface area contributed by atoms with Gasteiger partial charge in [0, 0.05) is 55.2 Å². The lowest BCUT2D eigenvalue weighted by molar-refractivity contribution is 0.237. The van der Waals surface area contributed by atoms with Crippen molar-refractivity contribution >= 4 is 17.2 Å². The van der Waals surface area contributed by atoms with E-state index in [1.165, 1.54) is 0 Å². The topological polar surface area (TPSA) is 85.4 Å². The number of likely N-dealkylation sites (N-methyl/N-ethyl adjacent to an activating group) is 1. The normalized spacial score (nSPS) is 10.8. The summed E-state index contributed by atoms with van der Waals surface area (Å²) in [6.07, 6.45) is 11.1. The zero-order chi connectivity index (χ0) is 22.9. The molecule has 4 heterocycles. The third kappa shape index (κ3) is 5.42. The molecule has 32 heavy (non-hydrogen) atoms. The molecule has 0 saturated heterocycles. The summed E-state index contributed by atoms with van der Waals surface area (Å²) in [4.78, 5) is 15.5. The lowest BCUT2D eigenvalue weighted by Gasteiger charge is -2.14. The molecule has 0 amide bonds. The van der Waals surface area contributed by atoms with Gasteiger partial charge in [-0.2, -0.15) is 5.10 Å². The van der Waals surface area contributed by atoms with Gasteiger partial charge in [0.2, 0.25) is 5.88 Å². The van der Waals surface area contributed by atoms with Crippen molar-refractivity contribution in [1.29, 1.82) is 0 Å². The van der Waals surface area contributed by atoms with Crippen molar-refractivity contribution in [3.05, 3.63) is 49.3 Å². The van der Waals surface area contributed by atoms with Crippen molar-refractivity contribution in [3.8, 4) is 17.1 Å². The van der Waals surface area contributed by atoms with Crippen LogP contribution in [0.4, 0.5) is 11.5 Å². The van der Waals surface area contributed by atoms with E-state index in [9.17, 15) is 0 Å². The van der Waals surface area contributed by atoms with Gasteiger partial charge in [0.15, 0.2) is 11.5 Å². The molecule has 9 heteroatoms. The van der Waals surface area contributed by atoms with Gasteiger partial charge in [-0.05, 0) is 26.6 Å². The molecule has 0 atom stereocenters. The molecule has 1 N–H and O–H groups in total. The monoisotopic (exact) mass is 436 g/mol. The number of imidazole rings is 1. The van der Waals surface area contributed by atoms with E-state index in [-0.39, 0.29) is 0 Å². The number of nitrogens with zero attached hydrogens (tertiary/aromatic N) is 7. The van der Waals surface area contributed by atoms with E-state index in [2.05, 4.69) is 51.2 Å². The molecule has 0 aliphatic rings. The van der Waals surface area contributed by atoms with Gasteiger partial charge in [-0.1, -0.05) is 20.8 Å². The lowest BCUT2D eigenvalue weighted by atomic mass is 10.3. The third-order valence-corrected chi connectivity index (χ3v) is 4.94. The molecule has 0 saturated carbocycles. The minimum Gasteiger partial charge on any atom is -0.476 e. The fourth-order valence-electron chi connectivity index (χ4n) is 3.06. The van der Waals surface area contributed by atoms with E-state index in [1.54, 1.807) is 12.4 Å². The van der Waals surface area contributed by atoms with Crippen LogP contribution in [-0.2, 0) is 6.54 Å². The van der Waals surface area contributed by atoms with Crippen molar-refractivity contribution in [3.63, 3.8) is 0 Å². The molecular formula is C23H32N8O. The summed E-state index contributed by atoms with van der Waals surface area (Å²) in [6, 6.07) is 3.75. The van der Waals surface area contributed by atoms with Crippen molar-refractivity contribution in [2.75, 3.05) is 32.1 Å². The third-order valence-electron chi connectivity index (χ3n) is 4.94. The van der Waals surface area contributed by atoms with Crippen molar-refractivity contribution in [1.82, 2.24) is 34.0 Å². The van der Waals surface area contributed by atoms with Crippen LogP contribution in [0.3, 0.4) is 0 Å². The second-order valence-corrected chi connectivity index (χ2v) is 6.95. The summed E-state index contributed by atoms with van der Waals surface area (Å²) in [7, 11) is 2.06. The highest BCUT2D eigenvalue weighted by Gasteiger charge is 2.12. The summed E-state index contributed by atoms with van der Waals surface area (Å²) in [5.41, 5.74) is 3.56. The Morgan fingerprint density at radius 2 is 1.94 bits per heavy atom. The summed E-state index contributed by atoms with van der Waals surface area (Å²) in [5.74, 6) is 1.24. The molecule has 4 rings (SSSR count). The number of pyridine rings is 1. The number of anilines is 2. The molecule has 0 aliphatic heterocycles. The zero-order valence-electron chi connectivity index (χ0n) is 19.5. The van der Waals surface area contributed by atoms with Crippen molar-refractivity contribution in [2.45, 2.75) is 34.2 Å². The highest BCUT2D eigenvalue weighted by Crippen LogP contribution is 2.25. The molecule has 0 unspecified atom stereocenters. The molecule has 9 nitrogen and oxygen atoms in total. The summed E-state index contributed by atoms with van der Waals surface area (Å²) in [6.45, 7) is 11.4. The first-order chi connectivity index (χ1) is 15.7. The fraction of sp³-hybridized carbons (Fsp3) is 0.391. The number of hydrogen-bond acceptors (Lipinski definition) is 7. The standard InChI is InChI=1S/C21H26N8O.C2H6/c1-4-27(3)10-11-30-19-12-17(6-7-22-19)26-20-21-24-14-18(29(21)9-8-23-20)16-13-25-28(5-2)15-16;1-2/h6-9,12-15H,4-5,10-11H2,1-3H3,(H,22,23,26);1-2H3. The summed E-state index contributed by atoms with van der Waals surface area (Å²) >= 11 is 0. The van der Waals surface area contributed by atoms with Gasteiger partial charge in [-0.15, -0.1) is 0 Å². The number of aryl methyl sites for hydroxylation is 1.